The van der Waals surface area contributed by atoms with Crippen LogP contribution in [0.25, 0.3) is 0 Å². The molecule has 192 valence electrons. The first-order valence-corrected chi connectivity index (χ1v) is 12.8. The number of rotatable bonds is 6. The highest BCUT2D eigenvalue weighted by Crippen LogP contribution is 2.65. The molecule has 0 aliphatic heterocycles. The minimum Gasteiger partial charge on any atom is -0.326 e. The molecule has 1 aliphatic rings. The van der Waals surface area contributed by atoms with Gasteiger partial charge in [-0.2, -0.15) is 5.26 Å². The summed E-state index contributed by atoms with van der Waals surface area (Å²) in [7, 11) is 0. The smallest absolute Gasteiger partial charge is 0.260 e. The van der Waals surface area contributed by atoms with Crippen LogP contribution in [0.1, 0.15) is 27.4 Å². The molecule has 11 heteroatoms. The van der Waals surface area contributed by atoms with Gasteiger partial charge in [0.1, 0.15) is 16.2 Å². The van der Waals surface area contributed by atoms with Gasteiger partial charge in [0.05, 0.1) is 34.3 Å². The lowest BCUT2D eigenvalue weighted by Gasteiger charge is -2.22. The van der Waals surface area contributed by atoms with Gasteiger partial charge in [0.25, 0.3) is 5.91 Å². The van der Waals surface area contributed by atoms with E-state index in [2.05, 4.69) is 11.2 Å². The van der Waals surface area contributed by atoms with Crippen LogP contribution >= 0.6 is 58.0 Å². The molecule has 0 heterocycles. The quantitative estimate of drug-likeness (QED) is 0.233. The fraction of sp³-hybridized carbons (Fsp3) is 0.148. The molecule has 0 spiro atoms. The first-order chi connectivity index (χ1) is 18.0. The predicted molar refractivity (Wildman–Crippen MR) is 149 cm³/mol. The highest BCUT2D eigenvalue weighted by Gasteiger charge is 2.67. The van der Waals surface area contributed by atoms with Gasteiger partial charge in [-0.3, -0.25) is 14.5 Å². The van der Waals surface area contributed by atoms with Gasteiger partial charge in [-0.15, -0.1) is 29.6 Å². The second-order valence-corrected chi connectivity index (χ2v) is 11.1. The molecule has 3 aromatic carbocycles. The van der Waals surface area contributed by atoms with Crippen LogP contribution in [0.4, 0.5) is 15.8 Å². The van der Waals surface area contributed by atoms with Crippen molar-refractivity contribution in [2.75, 3.05) is 16.8 Å². The average molecular weight is 610 g/mol. The van der Waals surface area contributed by atoms with E-state index in [4.69, 9.17) is 64.4 Å². The largest absolute Gasteiger partial charge is 0.326 e. The number of benzene rings is 3. The Morgan fingerprint density at radius 1 is 1.05 bits per heavy atom. The Labute approximate surface area is 243 Å². The Kier molecular flexibility index (Phi) is 8.14. The molecular formula is C27H15Cl5FN3O2. The Balaban J connectivity index is 1.61. The molecule has 5 nitrogen and oxygen atoms in total. The lowest BCUT2D eigenvalue weighted by atomic mass is 10.1. The molecule has 1 saturated carbocycles. The summed E-state index contributed by atoms with van der Waals surface area (Å²) in [6.07, 6.45) is 5.45. The highest BCUT2D eigenvalue weighted by atomic mass is 35.5. The number of terminal acetylenes is 1. The van der Waals surface area contributed by atoms with Gasteiger partial charge in [-0.05, 0) is 60.2 Å². The third-order valence-electron chi connectivity index (χ3n) is 5.91. The zero-order chi connectivity index (χ0) is 27.8. The minimum absolute atomic E-state index is 0.00934. The summed E-state index contributed by atoms with van der Waals surface area (Å²) in [6, 6.07) is 14.3. The van der Waals surface area contributed by atoms with Gasteiger partial charge in [0.2, 0.25) is 5.91 Å². The summed E-state index contributed by atoms with van der Waals surface area (Å²) in [5, 5.41) is 13.0. The van der Waals surface area contributed by atoms with E-state index in [0.717, 1.165) is 17.0 Å². The minimum atomic E-state index is -1.40. The van der Waals surface area contributed by atoms with Crippen molar-refractivity contribution in [3.63, 3.8) is 0 Å². The number of hydrogen-bond donors (Lipinski definition) is 1. The first-order valence-electron chi connectivity index (χ1n) is 10.9. The van der Waals surface area contributed by atoms with Crippen molar-refractivity contribution in [3.8, 4) is 18.4 Å². The van der Waals surface area contributed by atoms with E-state index in [1.165, 1.54) is 24.3 Å². The molecule has 2 amide bonds. The van der Waals surface area contributed by atoms with Gasteiger partial charge in [-0.25, -0.2) is 4.39 Å². The predicted octanol–water partition coefficient (Wildman–Crippen LogP) is 7.46. The van der Waals surface area contributed by atoms with Crippen LogP contribution in [-0.4, -0.2) is 22.7 Å². The summed E-state index contributed by atoms with van der Waals surface area (Å²) in [5.41, 5.74) is 0.858. The van der Waals surface area contributed by atoms with E-state index < -0.39 is 33.8 Å². The number of amides is 2. The van der Waals surface area contributed by atoms with Crippen molar-refractivity contribution in [2.45, 2.75) is 10.3 Å². The maximum absolute atomic E-state index is 13.7. The third-order valence-corrected chi connectivity index (χ3v) is 7.62. The molecule has 38 heavy (non-hydrogen) atoms. The van der Waals surface area contributed by atoms with Crippen molar-refractivity contribution < 1.29 is 14.0 Å². The molecule has 0 bridgehead atoms. The summed E-state index contributed by atoms with van der Waals surface area (Å²) < 4.78 is 12.3. The third kappa shape index (κ3) is 5.57. The van der Waals surface area contributed by atoms with Gasteiger partial charge >= 0.3 is 0 Å². The normalized spacial score (nSPS) is 17.2. The number of alkyl halides is 2. The molecule has 1 fully saturated rings. The van der Waals surface area contributed by atoms with E-state index in [1.54, 1.807) is 18.2 Å². The summed E-state index contributed by atoms with van der Waals surface area (Å²) in [6.45, 7) is -0.223. The van der Waals surface area contributed by atoms with Gasteiger partial charge in [-0.1, -0.05) is 40.7 Å². The fourth-order valence-electron chi connectivity index (χ4n) is 4.15. The number of nitriles is 1. The van der Waals surface area contributed by atoms with E-state index >= 15 is 0 Å². The number of anilines is 2. The molecule has 1 N–H and O–H groups in total. The highest BCUT2D eigenvalue weighted by molar-refractivity contribution is 6.53. The van der Waals surface area contributed by atoms with Crippen molar-refractivity contribution in [2.24, 2.45) is 5.92 Å². The monoisotopic (exact) mass is 607 g/mol. The summed E-state index contributed by atoms with van der Waals surface area (Å²) in [4.78, 5) is 27.7. The number of nitrogens with zero attached hydrogens (tertiary/aromatic N) is 2. The van der Waals surface area contributed by atoms with E-state index in [1.807, 2.05) is 6.07 Å². The molecule has 0 aromatic heterocycles. The lowest BCUT2D eigenvalue weighted by molar-refractivity contribution is -0.117. The van der Waals surface area contributed by atoms with Gasteiger partial charge < -0.3 is 5.32 Å². The molecule has 1 aliphatic carbocycles. The summed E-state index contributed by atoms with van der Waals surface area (Å²) in [5.74, 6) is -0.843. The zero-order valence-electron chi connectivity index (χ0n) is 19.1. The average Bonchev–Trinajstić information content (AvgIpc) is 3.45. The van der Waals surface area contributed by atoms with Crippen LogP contribution < -0.4 is 10.2 Å². The Morgan fingerprint density at radius 2 is 1.74 bits per heavy atom. The number of hydrogen-bond acceptors (Lipinski definition) is 3. The number of halogens is 6. The van der Waals surface area contributed by atoms with Crippen LogP contribution in [0.2, 0.25) is 15.1 Å². The Hall–Kier alpha value is -2.97. The lowest BCUT2D eigenvalue weighted by Crippen LogP contribution is -2.32. The van der Waals surface area contributed by atoms with Crippen LogP contribution in [0.3, 0.4) is 0 Å². The van der Waals surface area contributed by atoms with Crippen molar-refractivity contribution >= 4 is 81.2 Å². The van der Waals surface area contributed by atoms with Crippen LogP contribution in [0.15, 0.2) is 54.6 Å². The van der Waals surface area contributed by atoms with E-state index in [-0.39, 0.29) is 34.1 Å². The zero-order valence-corrected chi connectivity index (χ0v) is 22.9. The summed E-state index contributed by atoms with van der Waals surface area (Å²) >= 11 is 31.3. The van der Waals surface area contributed by atoms with E-state index in [0.29, 0.717) is 15.6 Å². The molecule has 2 atom stereocenters. The van der Waals surface area contributed by atoms with E-state index in [9.17, 15) is 19.2 Å². The van der Waals surface area contributed by atoms with Crippen molar-refractivity contribution in [3.05, 3.63) is 92.2 Å². The SMILES string of the molecule is C#CCN(C(=O)c1cc(NC(=O)[C@H]2[C@H](c3cc(Cl)cc(Cl)c3)C2(Cl)Cl)ccc1Cl)c1ccc(F)cc1C#N. The molecule has 3 aromatic rings. The van der Waals surface area contributed by atoms with Crippen LogP contribution in [0.5, 0.6) is 0 Å². The first kappa shape index (κ1) is 28.0. The standard InChI is InChI=1S/C27H15Cl5FN3O2/c1-2-7-36(22-6-3-18(33)10-15(22)13-34)26(38)20-12-19(4-5-21(20)30)35-25(37)24-23(27(24,31)32)14-8-16(28)11-17(29)9-14/h1,3-6,8-12,23-24H,7H2,(H,35,37)/t23-,24+/m0/s1. The molecule has 4 rings (SSSR count). The number of carbonyl (C=O) groups excluding carboxylic acids is 2. The second-order valence-electron chi connectivity index (χ2n) is 8.39. The molecular weight excluding hydrogens is 595 g/mol. The maximum atomic E-state index is 13.7. The maximum Gasteiger partial charge on any atom is 0.260 e. The molecule has 0 radical (unpaired) electrons. The number of carbonyl (C=O) groups is 2. The van der Waals surface area contributed by atoms with Gasteiger partial charge in [0, 0.05) is 21.7 Å². The fourth-order valence-corrected chi connectivity index (χ4v) is 5.72. The topological polar surface area (TPSA) is 73.2 Å². The van der Waals surface area contributed by atoms with Crippen molar-refractivity contribution in [1.29, 1.82) is 5.26 Å². The Bertz CT molecular complexity index is 1530. The van der Waals surface area contributed by atoms with Gasteiger partial charge in [0.15, 0.2) is 0 Å². The number of nitrogens with one attached hydrogen (secondary N) is 1. The molecule has 0 unspecified atom stereocenters. The Morgan fingerprint density at radius 3 is 2.37 bits per heavy atom. The van der Waals surface area contributed by atoms with Crippen LogP contribution in [-0.2, 0) is 4.79 Å². The second kappa shape index (κ2) is 11.0. The van der Waals surface area contributed by atoms with Crippen LogP contribution in [0, 0.1) is 35.4 Å². The molecule has 0 saturated heterocycles. The van der Waals surface area contributed by atoms with Crippen molar-refractivity contribution in [1.82, 2.24) is 0 Å².